The number of amides is 2. The van der Waals surface area contributed by atoms with E-state index in [0.717, 1.165) is 17.2 Å². The van der Waals surface area contributed by atoms with Crippen LogP contribution in [0.1, 0.15) is 69.4 Å². The zero-order valence-electron chi connectivity index (χ0n) is 30.3. The minimum absolute atomic E-state index is 0.0458. The van der Waals surface area contributed by atoms with Crippen LogP contribution in [-0.2, 0) is 4.79 Å². The lowest BCUT2D eigenvalue weighted by Crippen LogP contribution is -2.29. The molecule has 0 aliphatic heterocycles. The predicted molar refractivity (Wildman–Crippen MR) is 207 cm³/mol. The first-order chi connectivity index (χ1) is 25.1. The molecule has 0 radical (unpaired) electrons. The number of aryl methyl sites for hydroxylation is 2. The van der Waals surface area contributed by atoms with Crippen LogP contribution >= 0.6 is 0 Å². The molecule has 2 amide bonds. The molecule has 10 heteroatoms. The number of phenols is 4. The molecule has 0 bridgehead atoms. The van der Waals surface area contributed by atoms with Crippen molar-refractivity contribution in [1.29, 1.82) is 0 Å². The van der Waals surface area contributed by atoms with Crippen molar-refractivity contribution in [3.63, 3.8) is 0 Å². The Morgan fingerprint density at radius 2 is 1.19 bits per heavy atom. The third kappa shape index (κ3) is 7.48. The van der Waals surface area contributed by atoms with Gasteiger partial charge in [0.05, 0.1) is 11.1 Å². The van der Waals surface area contributed by atoms with E-state index in [-0.39, 0.29) is 80.6 Å². The van der Waals surface area contributed by atoms with Crippen LogP contribution in [0, 0.1) is 20.8 Å². The summed E-state index contributed by atoms with van der Waals surface area (Å²) < 4.78 is 0. The summed E-state index contributed by atoms with van der Waals surface area (Å²) in [6.07, 6.45) is 0. The first-order valence-corrected chi connectivity index (χ1v) is 17.2. The molecule has 0 spiro atoms. The molecular formula is C43H44N2O8. The Bertz CT molecular complexity index is 2260. The summed E-state index contributed by atoms with van der Waals surface area (Å²) in [5.41, 5.74) is 2.91. The van der Waals surface area contributed by atoms with Crippen LogP contribution < -0.4 is 10.6 Å². The number of aliphatic hydroxyl groups excluding tert-OH is 2. The molecule has 10 nitrogen and oxygen atoms in total. The van der Waals surface area contributed by atoms with Crippen LogP contribution in [0.5, 0.6) is 23.0 Å². The molecule has 2 atom stereocenters. The fraction of sp³-hybridized carbons (Fsp3) is 0.209. The van der Waals surface area contributed by atoms with E-state index in [1.807, 2.05) is 74.5 Å². The maximum Gasteiger partial charge on any atom is 0.255 e. The molecular weight excluding hydrogens is 672 g/mol. The van der Waals surface area contributed by atoms with Gasteiger partial charge in [-0.3, -0.25) is 9.59 Å². The molecule has 274 valence electrons. The van der Waals surface area contributed by atoms with Crippen molar-refractivity contribution >= 4 is 28.2 Å². The lowest BCUT2D eigenvalue weighted by atomic mass is 9.86. The van der Waals surface area contributed by atoms with Crippen LogP contribution in [0.3, 0.4) is 0 Å². The number of aromatic hydroxyl groups is 4. The highest BCUT2D eigenvalue weighted by Gasteiger charge is 2.29. The smallest absolute Gasteiger partial charge is 0.255 e. The van der Waals surface area contributed by atoms with Gasteiger partial charge in [0, 0.05) is 35.0 Å². The van der Waals surface area contributed by atoms with Crippen LogP contribution in [0.25, 0.3) is 27.5 Å². The Labute approximate surface area is 308 Å². The Morgan fingerprint density at radius 1 is 0.679 bits per heavy atom. The Hall–Kier alpha value is -6.42. The highest BCUT2D eigenvalue weighted by molar-refractivity contribution is 6.21. The molecule has 0 saturated heterocycles. The van der Waals surface area contributed by atoms with Gasteiger partial charge in [-0.1, -0.05) is 81.1 Å². The Kier molecular flexibility index (Phi) is 11.0. The van der Waals surface area contributed by atoms with E-state index in [4.69, 9.17) is 0 Å². The van der Waals surface area contributed by atoms with Crippen LogP contribution in [0.15, 0.2) is 97.0 Å². The molecule has 0 fully saturated rings. The zero-order chi connectivity index (χ0) is 38.7. The van der Waals surface area contributed by atoms with Gasteiger partial charge in [-0.15, -0.1) is 0 Å². The highest BCUT2D eigenvalue weighted by atomic mass is 16.3. The minimum Gasteiger partial charge on any atom is -0.507 e. The number of aliphatic hydroxyl groups is 2. The molecule has 0 unspecified atom stereocenters. The maximum atomic E-state index is 13.6. The second-order valence-corrected chi connectivity index (χ2v) is 13.4. The lowest BCUT2D eigenvalue weighted by Gasteiger charge is -2.22. The molecule has 0 aliphatic carbocycles. The van der Waals surface area contributed by atoms with Crippen LogP contribution in [0.4, 0.5) is 0 Å². The quantitative estimate of drug-likeness (QED) is 0.0293. The number of nitrogens with one attached hydrogen (secondary N) is 2. The molecule has 0 heterocycles. The molecule has 5 aromatic carbocycles. The van der Waals surface area contributed by atoms with Gasteiger partial charge in [-0.05, 0) is 84.2 Å². The zero-order valence-corrected chi connectivity index (χ0v) is 30.3. The number of hydrogen-bond donors (Lipinski definition) is 8. The van der Waals surface area contributed by atoms with Gasteiger partial charge in [0.2, 0.25) is 0 Å². The first-order valence-electron chi connectivity index (χ1n) is 17.2. The van der Waals surface area contributed by atoms with Gasteiger partial charge in [-0.2, -0.15) is 0 Å². The number of rotatable bonds is 11. The van der Waals surface area contributed by atoms with Gasteiger partial charge in [-0.25, -0.2) is 0 Å². The minimum atomic E-state index is -0.770. The lowest BCUT2D eigenvalue weighted by molar-refractivity contribution is -0.115. The highest BCUT2D eigenvalue weighted by Crippen LogP contribution is 2.49. The summed E-state index contributed by atoms with van der Waals surface area (Å²) in [4.78, 5) is 27.2. The topological polar surface area (TPSA) is 180 Å². The van der Waals surface area contributed by atoms with Crippen LogP contribution in [0.2, 0.25) is 0 Å². The molecule has 53 heavy (non-hydrogen) atoms. The SMILES string of the molecule is C=C(O)/C(O)=C(/C(=O)NC[C@@H](C)c1ccccc1)c1cc(C)c(-c2c(C)cc3c(C(=O)NC[C@H](C)c4ccccc4)c(O)c(O)cc3c2O)c(O)c1C. The van der Waals surface area contributed by atoms with Crippen molar-refractivity contribution in [2.45, 2.75) is 46.5 Å². The predicted octanol–water partition coefficient (Wildman–Crippen LogP) is 8.05. The second-order valence-electron chi connectivity index (χ2n) is 13.4. The number of carbonyl (C=O) groups excluding carboxylic acids is 2. The van der Waals surface area contributed by atoms with Crippen molar-refractivity contribution in [3.05, 3.63) is 136 Å². The van der Waals surface area contributed by atoms with Gasteiger partial charge in [0.1, 0.15) is 11.5 Å². The fourth-order valence-corrected chi connectivity index (χ4v) is 6.62. The van der Waals surface area contributed by atoms with Crippen molar-refractivity contribution in [3.8, 4) is 34.1 Å². The molecule has 0 aromatic heterocycles. The number of carbonyl (C=O) groups is 2. The molecule has 0 saturated carbocycles. The second kappa shape index (κ2) is 15.4. The van der Waals surface area contributed by atoms with Crippen molar-refractivity contribution in [1.82, 2.24) is 10.6 Å². The summed E-state index contributed by atoms with van der Waals surface area (Å²) in [6, 6.07) is 23.4. The normalized spacial score (nSPS) is 12.8. The molecule has 0 aliphatic rings. The van der Waals surface area contributed by atoms with Gasteiger partial charge >= 0.3 is 0 Å². The van der Waals surface area contributed by atoms with E-state index < -0.39 is 34.8 Å². The number of benzene rings is 5. The van der Waals surface area contributed by atoms with Crippen LogP contribution in [-0.4, -0.2) is 55.5 Å². The maximum absolute atomic E-state index is 13.6. The summed E-state index contributed by atoms with van der Waals surface area (Å²) in [7, 11) is 0. The third-order valence-electron chi connectivity index (χ3n) is 9.68. The monoisotopic (exact) mass is 716 g/mol. The van der Waals surface area contributed by atoms with E-state index in [2.05, 4.69) is 17.2 Å². The van der Waals surface area contributed by atoms with E-state index in [0.29, 0.717) is 11.1 Å². The standard InChI is InChI=1S/C43H44N2O8/c1-22-17-30(36(39(49)27(6)46)42(52)44-20-24(3)28-13-9-7-10-14-28)26(5)38(48)34(22)35-23(2)18-31-32(40(35)50)19-33(47)41(51)37(31)43(53)45-21-25(4)29-15-11-8-12-16-29/h7-19,24-25,46-51H,6,20-21H2,1-5H3,(H,44,52)(H,45,53)/b39-36-/t24-,25+/m1/s1. The van der Waals surface area contributed by atoms with E-state index in [9.17, 15) is 40.2 Å². The first kappa shape index (κ1) is 37.8. The summed E-state index contributed by atoms with van der Waals surface area (Å²) in [6.45, 7) is 12.5. The van der Waals surface area contributed by atoms with E-state index in [1.165, 1.54) is 6.92 Å². The van der Waals surface area contributed by atoms with Gasteiger partial charge < -0.3 is 41.3 Å². The largest absolute Gasteiger partial charge is 0.507 e. The summed E-state index contributed by atoms with van der Waals surface area (Å²) in [5, 5.41) is 72.0. The number of fused-ring (bicyclic) bond motifs is 1. The molecule has 8 N–H and O–H groups in total. The summed E-state index contributed by atoms with van der Waals surface area (Å²) in [5.74, 6) is -4.98. The Morgan fingerprint density at radius 3 is 1.74 bits per heavy atom. The van der Waals surface area contributed by atoms with Crippen molar-refractivity contribution < 1.29 is 40.2 Å². The molecule has 5 aromatic rings. The number of hydrogen-bond acceptors (Lipinski definition) is 8. The van der Waals surface area contributed by atoms with Crippen molar-refractivity contribution in [2.24, 2.45) is 0 Å². The van der Waals surface area contributed by atoms with Crippen molar-refractivity contribution in [2.75, 3.05) is 13.1 Å². The van der Waals surface area contributed by atoms with E-state index in [1.54, 1.807) is 26.0 Å². The third-order valence-corrected chi connectivity index (χ3v) is 9.68. The van der Waals surface area contributed by atoms with E-state index >= 15 is 0 Å². The molecule has 5 rings (SSSR count). The Balaban J connectivity index is 1.56. The summed E-state index contributed by atoms with van der Waals surface area (Å²) >= 11 is 0. The van der Waals surface area contributed by atoms with Gasteiger partial charge in [0.15, 0.2) is 23.0 Å². The average molecular weight is 717 g/mol. The van der Waals surface area contributed by atoms with Gasteiger partial charge in [0.25, 0.3) is 11.8 Å². The number of phenolic OH excluding ortho intramolecular Hbond substituents is 4. The average Bonchev–Trinajstić information content (AvgIpc) is 3.14. The fourth-order valence-electron chi connectivity index (χ4n) is 6.62.